The summed E-state index contributed by atoms with van der Waals surface area (Å²) in [7, 11) is 0. The molecule has 188 valence electrons. The zero-order valence-corrected chi connectivity index (χ0v) is 20.5. The predicted molar refractivity (Wildman–Crippen MR) is 134 cm³/mol. The van der Waals surface area contributed by atoms with Gasteiger partial charge < -0.3 is 4.74 Å². The highest BCUT2D eigenvalue weighted by Gasteiger charge is 2.31. The summed E-state index contributed by atoms with van der Waals surface area (Å²) in [5.74, 6) is -0.00701. The first-order valence-corrected chi connectivity index (χ1v) is 12.6. The maximum Gasteiger partial charge on any atom is 0.265 e. The lowest BCUT2D eigenvalue weighted by Crippen LogP contribution is -2.45. The minimum Gasteiger partial charge on any atom is -0.486 e. The van der Waals surface area contributed by atoms with Crippen molar-refractivity contribution in [1.82, 2.24) is 24.8 Å². The number of nitrogens with one attached hydrogen (secondary N) is 1. The van der Waals surface area contributed by atoms with Gasteiger partial charge in [0.2, 0.25) is 11.8 Å². The number of hydrogen-bond donors (Lipinski definition) is 1. The number of rotatable bonds is 6. The third-order valence-electron chi connectivity index (χ3n) is 6.96. The van der Waals surface area contributed by atoms with Gasteiger partial charge >= 0.3 is 0 Å². The molecule has 0 radical (unpaired) electrons. The summed E-state index contributed by atoms with van der Waals surface area (Å²) < 4.78 is 7.41. The number of aryl methyl sites for hydroxylation is 1. The SMILES string of the molecule is Cc1nc2cccc(OCc3ccc(CN4CCCCCC4)cn3)c2c(=O)n1C1CCC(=O)NC1=O. The summed E-state index contributed by atoms with van der Waals surface area (Å²) in [6, 6.07) is 8.53. The Labute approximate surface area is 209 Å². The number of pyridine rings is 1. The monoisotopic (exact) mass is 489 g/mol. The Hall–Kier alpha value is -3.59. The van der Waals surface area contributed by atoms with Gasteiger partial charge in [0.15, 0.2) is 0 Å². The first-order chi connectivity index (χ1) is 17.5. The summed E-state index contributed by atoms with van der Waals surface area (Å²) in [4.78, 5) is 49.2. The number of ether oxygens (including phenoxy) is 1. The van der Waals surface area contributed by atoms with Gasteiger partial charge in [0.1, 0.15) is 29.6 Å². The van der Waals surface area contributed by atoms with E-state index >= 15 is 0 Å². The fraction of sp³-hybridized carbons (Fsp3) is 0.444. The van der Waals surface area contributed by atoms with Crippen LogP contribution in [-0.4, -0.2) is 44.3 Å². The zero-order chi connectivity index (χ0) is 25.1. The van der Waals surface area contributed by atoms with E-state index in [1.54, 1.807) is 25.1 Å². The van der Waals surface area contributed by atoms with Gasteiger partial charge in [-0.05, 0) is 63.0 Å². The number of hydrogen-bond acceptors (Lipinski definition) is 7. The van der Waals surface area contributed by atoms with E-state index in [4.69, 9.17) is 4.74 Å². The number of carbonyl (C=O) groups is 2. The molecule has 1 atom stereocenters. The minimum atomic E-state index is -0.779. The van der Waals surface area contributed by atoms with Crippen LogP contribution in [0.5, 0.6) is 5.75 Å². The predicted octanol–water partition coefficient (Wildman–Crippen LogP) is 3.03. The van der Waals surface area contributed by atoms with Gasteiger partial charge in [0.25, 0.3) is 5.56 Å². The van der Waals surface area contributed by atoms with Crippen molar-refractivity contribution in [2.75, 3.05) is 13.1 Å². The second-order valence-corrected chi connectivity index (χ2v) is 9.59. The van der Waals surface area contributed by atoms with E-state index in [0.29, 0.717) is 22.5 Å². The van der Waals surface area contributed by atoms with Crippen molar-refractivity contribution < 1.29 is 14.3 Å². The topological polar surface area (TPSA) is 106 Å². The summed E-state index contributed by atoms with van der Waals surface area (Å²) in [5, 5.41) is 2.63. The van der Waals surface area contributed by atoms with Crippen LogP contribution in [0.4, 0.5) is 0 Å². The Morgan fingerprint density at radius 2 is 1.86 bits per heavy atom. The number of amides is 2. The largest absolute Gasteiger partial charge is 0.486 e. The van der Waals surface area contributed by atoms with Gasteiger partial charge in [-0.3, -0.25) is 34.2 Å². The summed E-state index contributed by atoms with van der Waals surface area (Å²) >= 11 is 0. The lowest BCUT2D eigenvalue weighted by molar-refractivity contribution is -0.135. The lowest BCUT2D eigenvalue weighted by atomic mass is 10.1. The lowest BCUT2D eigenvalue weighted by Gasteiger charge is -2.24. The van der Waals surface area contributed by atoms with E-state index in [2.05, 4.69) is 26.3 Å². The molecule has 4 heterocycles. The van der Waals surface area contributed by atoms with E-state index in [1.165, 1.54) is 35.8 Å². The molecule has 3 aromatic rings. The summed E-state index contributed by atoms with van der Waals surface area (Å²) in [6.45, 7) is 5.07. The van der Waals surface area contributed by atoms with Gasteiger partial charge in [0, 0.05) is 19.2 Å². The van der Waals surface area contributed by atoms with Gasteiger partial charge in [-0.2, -0.15) is 0 Å². The van der Waals surface area contributed by atoms with Crippen LogP contribution in [0.1, 0.15) is 61.6 Å². The van der Waals surface area contributed by atoms with E-state index in [0.717, 1.165) is 25.3 Å². The van der Waals surface area contributed by atoms with Crippen LogP contribution in [0, 0.1) is 6.92 Å². The maximum atomic E-state index is 13.5. The molecule has 1 unspecified atom stereocenters. The van der Waals surface area contributed by atoms with Crippen LogP contribution in [0.3, 0.4) is 0 Å². The molecule has 2 amide bonds. The van der Waals surface area contributed by atoms with Gasteiger partial charge in [0.05, 0.1) is 11.2 Å². The Kier molecular flexibility index (Phi) is 7.09. The zero-order valence-electron chi connectivity index (χ0n) is 20.5. The van der Waals surface area contributed by atoms with Crippen LogP contribution in [0.2, 0.25) is 0 Å². The summed E-state index contributed by atoms with van der Waals surface area (Å²) in [6.07, 6.45) is 7.47. The van der Waals surface area contributed by atoms with E-state index in [1.807, 2.05) is 12.3 Å². The number of benzene rings is 1. The second-order valence-electron chi connectivity index (χ2n) is 9.59. The number of imide groups is 1. The molecule has 2 fully saturated rings. The third kappa shape index (κ3) is 5.16. The van der Waals surface area contributed by atoms with Crippen LogP contribution in [-0.2, 0) is 22.7 Å². The number of carbonyl (C=O) groups excluding carboxylic acids is 2. The number of aromatic nitrogens is 3. The molecule has 2 saturated heterocycles. The number of piperidine rings is 1. The highest BCUT2D eigenvalue weighted by molar-refractivity contribution is 5.99. The van der Waals surface area contributed by atoms with Crippen molar-refractivity contribution in [2.45, 2.75) is 64.6 Å². The van der Waals surface area contributed by atoms with E-state index in [-0.39, 0.29) is 30.9 Å². The molecule has 2 aromatic heterocycles. The van der Waals surface area contributed by atoms with Crippen molar-refractivity contribution in [3.8, 4) is 5.75 Å². The number of nitrogens with zero attached hydrogens (tertiary/aromatic N) is 4. The number of fused-ring (bicyclic) bond motifs is 1. The van der Waals surface area contributed by atoms with Crippen molar-refractivity contribution in [2.24, 2.45) is 0 Å². The van der Waals surface area contributed by atoms with Crippen LogP contribution in [0.25, 0.3) is 10.9 Å². The molecule has 0 saturated carbocycles. The molecule has 1 aromatic carbocycles. The first kappa shape index (κ1) is 24.1. The molecule has 9 heteroatoms. The fourth-order valence-electron chi connectivity index (χ4n) is 5.08. The molecule has 0 spiro atoms. The maximum absolute atomic E-state index is 13.5. The van der Waals surface area contributed by atoms with Crippen molar-refractivity contribution in [3.05, 3.63) is 64.0 Å². The Bertz CT molecular complexity index is 1330. The Morgan fingerprint density at radius 3 is 2.58 bits per heavy atom. The van der Waals surface area contributed by atoms with Crippen molar-refractivity contribution in [3.63, 3.8) is 0 Å². The average Bonchev–Trinajstić information content (AvgIpc) is 3.13. The quantitative estimate of drug-likeness (QED) is 0.531. The van der Waals surface area contributed by atoms with Gasteiger partial charge in [-0.15, -0.1) is 0 Å². The fourth-order valence-corrected chi connectivity index (χ4v) is 5.08. The Morgan fingerprint density at radius 1 is 1.06 bits per heavy atom. The van der Waals surface area contributed by atoms with E-state index < -0.39 is 11.9 Å². The third-order valence-corrected chi connectivity index (χ3v) is 6.96. The van der Waals surface area contributed by atoms with Crippen LogP contribution < -0.4 is 15.6 Å². The molecule has 2 aliphatic heterocycles. The minimum absolute atomic E-state index is 0.178. The normalized spacial score (nSPS) is 19.2. The second kappa shape index (κ2) is 10.6. The molecule has 9 nitrogen and oxygen atoms in total. The first-order valence-electron chi connectivity index (χ1n) is 12.6. The smallest absolute Gasteiger partial charge is 0.265 e. The summed E-state index contributed by atoms with van der Waals surface area (Å²) in [5.41, 5.74) is 2.08. The van der Waals surface area contributed by atoms with Gasteiger partial charge in [-0.1, -0.05) is 25.0 Å². The molecule has 5 rings (SSSR count). The molecular formula is C27H31N5O4. The molecule has 1 N–H and O–H groups in total. The molecule has 0 aliphatic carbocycles. The molecular weight excluding hydrogens is 458 g/mol. The molecule has 2 aliphatic rings. The highest BCUT2D eigenvalue weighted by atomic mass is 16.5. The van der Waals surface area contributed by atoms with Crippen molar-refractivity contribution >= 4 is 22.7 Å². The molecule has 0 bridgehead atoms. The standard InChI is InChI=1S/C27H31N5O4/c1-18-29-21-7-6-8-23(25(21)27(35)32(18)22-11-12-24(33)30-26(22)34)36-17-20-10-9-19(15-28-20)16-31-13-4-2-3-5-14-31/h6-10,15,22H,2-5,11-14,16-17H2,1H3,(H,30,33,34). The average molecular weight is 490 g/mol. The van der Waals surface area contributed by atoms with E-state index in [9.17, 15) is 14.4 Å². The number of likely N-dealkylation sites (tertiary alicyclic amines) is 1. The van der Waals surface area contributed by atoms with Crippen molar-refractivity contribution in [1.29, 1.82) is 0 Å². The van der Waals surface area contributed by atoms with Crippen LogP contribution >= 0.6 is 0 Å². The van der Waals surface area contributed by atoms with Crippen LogP contribution in [0.15, 0.2) is 41.3 Å². The Balaban J connectivity index is 1.34. The van der Waals surface area contributed by atoms with Gasteiger partial charge in [-0.25, -0.2) is 4.98 Å². The highest BCUT2D eigenvalue weighted by Crippen LogP contribution is 2.25. The molecule has 36 heavy (non-hydrogen) atoms.